The summed E-state index contributed by atoms with van der Waals surface area (Å²) in [5.74, 6) is 1.26. The maximum absolute atomic E-state index is 13.7. The highest BCUT2D eigenvalue weighted by Crippen LogP contribution is 2.31. The molecule has 3 rings (SSSR count). The predicted octanol–water partition coefficient (Wildman–Crippen LogP) is 0.530. The molecule has 0 aliphatic heterocycles. The van der Waals surface area contributed by atoms with Crippen molar-refractivity contribution in [3.05, 3.63) is 66.2 Å². The van der Waals surface area contributed by atoms with Crippen LogP contribution in [0, 0.1) is 5.82 Å². The second-order valence-corrected chi connectivity index (χ2v) is 5.36. The molecule has 5 heteroatoms. The van der Waals surface area contributed by atoms with Gasteiger partial charge in [0, 0.05) is 17.9 Å². The van der Waals surface area contributed by atoms with Crippen LogP contribution in [0.2, 0.25) is 0 Å². The molecule has 1 aromatic heterocycles. The molecule has 0 atom stereocenters. The van der Waals surface area contributed by atoms with Gasteiger partial charge >= 0.3 is 0 Å². The van der Waals surface area contributed by atoms with E-state index in [-0.39, 0.29) is 18.2 Å². The zero-order chi connectivity index (χ0) is 16.2. The summed E-state index contributed by atoms with van der Waals surface area (Å²) in [6.45, 7) is 0.714. The fourth-order valence-corrected chi connectivity index (χ4v) is 2.65. The van der Waals surface area contributed by atoms with Crippen molar-refractivity contribution in [2.45, 2.75) is 13.0 Å². The van der Waals surface area contributed by atoms with Crippen molar-refractivity contribution in [2.75, 3.05) is 14.2 Å². The monoisotopic (exact) mass is 347 g/mol. The summed E-state index contributed by atoms with van der Waals surface area (Å²) in [7, 11) is 3.25. The summed E-state index contributed by atoms with van der Waals surface area (Å²) in [6.07, 6.45) is 4.68. The molecule has 0 amide bonds. The highest BCUT2D eigenvalue weighted by atomic mass is 35.5. The van der Waals surface area contributed by atoms with Gasteiger partial charge in [0.25, 0.3) is 0 Å². The number of hydrogen-bond acceptors (Lipinski definition) is 2. The molecule has 3 aromatic rings. The molecule has 3 nitrogen and oxygen atoms in total. The highest BCUT2D eigenvalue weighted by Gasteiger charge is 2.10. The van der Waals surface area contributed by atoms with Crippen molar-refractivity contribution < 1.29 is 30.8 Å². The lowest BCUT2D eigenvalue weighted by Gasteiger charge is -2.08. The quantitative estimate of drug-likeness (QED) is 0.628. The number of benzene rings is 2. The fraction of sp³-hybridized carbons (Fsp3) is 0.211. The van der Waals surface area contributed by atoms with E-state index in [1.165, 1.54) is 6.07 Å². The molecule has 1 heterocycles. The zero-order valence-corrected chi connectivity index (χ0v) is 14.4. The van der Waals surface area contributed by atoms with E-state index in [2.05, 4.69) is 4.57 Å². The van der Waals surface area contributed by atoms with Gasteiger partial charge in [-0.2, -0.15) is 0 Å². The standard InChI is InChI=1S/C19H19FNO2.ClH/c1-22-18-11-15-8-10-21(13-16(15)12-19(18)23-2)9-7-14-5-3-4-6-17(14)20;/h3-6,8,10-13H,7,9H2,1-2H3;1H/q+1;/p-1. The first-order valence-corrected chi connectivity index (χ1v) is 7.49. The van der Waals surface area contributed by atoms with Gasteiger partial charge in [0.15, 0.2) is 30.4 Å². The number of methoxy groups -OCH3 is 2. The molecule has 0 N–H and O–H groups in total. The number of hydrogen-bond donors (Lipinski definition) is 0. The van der Waals surface area contributed by atoms with Crippen LogP contribution in [0.25, 0.3) is 10.8 Å². The first-order chi connectivity index (χ1) is 11.2. The van der Waals surface area contributed by atoms with Crippen LogP contribution in [-0.4, -0.2) is 14.2 Å². The van der Waals surface area contributed by atoms with Crippen LogP contribution in [0.4, 0.5) is 4.39 Å². The normalized spacial score (nSPS) is 10.3. The van der Waals surface area contributed by atoms with Crippen LogP contribution < -0.4 is 26.4 Å². The fourth-order valence-electron chi connectivity index (χ4n) is 2.65. The Morgan fingerprint density at radius 2 is 1.62 bits per heavy atom. The van der Waals surface area contributed by atoms with Gasteiger partial charge in [-0.25, -0.2) is 8.96 Å². The molecular formula is C19H19ClFNO2. The van der Waals surface area contributed by atoms with E-state index in [9.17, 15) is 4.39 Å². The lowest BCUT2D eigenvalue weighted by molar-refractivity contribution is -0.695. The molecule has 0 aliphatic carbocycles. The second-order valence-electron chi connectivity index (χ2n) is 5.36. The lowest BCUT2D eigenvalue weighted by Crippen LogP contribution is -3.00. The second kappa shape index (κ2) is 7.97. The molecule has 126 valence electrons. The average molecular weight is 348 g/mol. The molecule has 0 saturated heterocycles. The summed E-state index contributed by atoms with van der Waals surface area (Å²) >= 11 is 0. The van der Waals surface area contributed by atoms with Crippen molar-refractivity contribution in [3.8, 4) is 11.5 Å². The average Bonchev–Trinajstić information content (AvgIpc) is 2.59. The first kappa shape index (κ1) is 18.0. The molecule has 0 fully saturated rings. The molecular weight excluding hydrogens is 329 g/mol. The van der Waals surface area contributed by atoms with Crippen LogP contribution >= 0.6 is 0 Å². The van der Waals surface area contributed by atoms with Gasteiger partial charge in [-0.3, -0.25) is 0 Å². The van der Waals surface area contributed by atoms with E-state index in [4.69, 9.17) is 9.47 Å². The molecule has 0 aliphatic rings. The van der Waals surface area contributed by atoms with Gasteiger partial charge in [0.05, 0.1) is 14.2 Å². The summed E-state index contributed by atoms with van der Waals surface area (Å²) in [5.41, 5.74) is 0.729. The Morgan fingerprint density at radius 3 is 2.29 bits per heavy atom. The van der Waals surface area contributed by atoms with E-state index in [0.29, 0.717) is 24.5 Å². The Hall–Kier alpha value is -2.33. The Kier molecular flexibility index (Phi) is 5.99. The van der Waals surface area contributed by atoms with Crippen molar-refractivity contribution in [1.82, 2.24) is 0 Å². The molecule has 0 radical (unpaired) electrons. The summed E-state index contributed by atoms with van der Waals surface area (Å²) < 4.78 is 26.4. The Morgan fingerprint density at radius 1 is 0.958 bits per heavy atom. The van der Waals surface area contributed by atoms with Gasteiger partial charge in [-0.15, -0.1) is 0 Å². The summed E-state index contributed by atoms with van der Waals surface area (Å²) in [6, 6.07) is 12.8. The topological polar surface area (TPSA) is 22.3 Å². The summed E-state index contributed by atoms with van der Waals surface area (Å²) in [4.78, 5) is 0. The third-order valence-electron chi connectivity index (χ3n) is 3.94. The minimum Gasteiger partial charge on any atom is -1.00 e. The van der Waals surface area contributed by atoms with Crippen LogP contribution in [0.1, 0.15) is 5.56 Å². The third kappa shape index (κ3) is 3.77. The Labute approximate surface area is 147 Å². The first-order valence-electron chi connectivity index (χ1n) is 7.49. The number of halogens is 2. The van der Waals surface area contributed by atoms with Gasteiger partial charge in [-0.1, -0.05) is 18.2 Å². The smallest absolute Gasteiger partial charge is 0.176 e. The third-order valence-corrected chi connectivity index (χ3v) is 3.94. The maximum atomic E-state index is 13.7. The van der Waals surface area contributed by atoms with E-state index in [0.717, 1.165) is 16.3 Å². The van der Waals surface area contributed by atoms with Crippen LogP contribution in [0.5, 0.6) is 11.5 Å². The van der Waals surface area contributed by atoms with Crippen molar-refractivity contribution in [2.24, 2.45) is 0 Å². The van der Waals surface area contributed by atoms with Crippen LogP contribution in [0.15, 0.2) is 54.9 Å². The van der Waals surface area contributed by atoms with E-state index in [1.807, 2.05) is 42.7 Å². The van der Waals surface area contributed by atoms with Gasteiger partial charge in [0.2, 0.25) is 0 Å². The highest BCUT2D eigenvalue weighted by molar-refractivity contribution is 5.84. The number of aromatic nitrogens is 1. The number of fused-ring (bicyclic) bond motifs is 1. The number of nitrogens with zero attached hydrogens (tertiary/aromatic N) is 1. The molecule has 0 unspecified atom stereocenters. The largest absolute Gasteiger partial charge is 1.00 e. The van der Waals surface area contributed by atoms with Gasteiger partial charge in [-0.05, 0) is 29.1 Å². The Balaban J connectivity index is 0.00000208. The molecule has 2 aromatic carbocycles. The molecule has 0 saturated carbocycles. The predicted molar refractivity (Wildman–Crippen MR) is 87.4 cm³/mol. The van der Waals surface area contributed by atoms with Gasteiger partial charge in [0.1, 0.15) is 5.82 Å². The maximum Gasteiger partial charge on any atom is 0.176 e. The van der Waals surface area contributed by atoms with Crippen molar-refractivity contribution in [3.63, 3.8) is 0 Å². The minimum atomic E-state index is -0.153. The number of pyridine rings is 1. The minimum absolute atomic E-state index is 0. The van der Waals surface area contributed by atoms with Crippen molar-refractivity contribution in [1.29, 1.82) is 0 Å². The van der Waals surface area contributed by atoms with Crippen LogP contribution in [0.3, 0.4) is 0 Å². The van der Waals surface area contributed by atoms with E-state index >= 15 is 0 Å². The SMILES string of the molecule is COc1cc2cc[n+](CCc3ccccc3F)cc2cc1OC.[Cl-]. The Bertz CT molecular complexity index is 839. The number of aryl methyl sites for hydroxylation is 2. The molecule has 24 heavy (non-hydrogen) atoms. The van der Waals surface area contributed by atoms with E-state index < -0.39 is 0 Å². The summed E-state index contributed by atoms with van der Waals surface area (Å²) in [5, 5.41) is 2.13. The zero-order valence-electron chi connectivity index (χ0n) is 13.6. The number of ether oxygens (including phenoxy) is 2. The van der Waals surface area contributed by atoms with Crippen LogP contribution in [-0.2, 0) is 13.0 Å². The van der Waals surface area contributed by atoms with Gasteiger partial charge < -0.3 is 21.9 Å². The van der Waals surface area contributed by atoms with Crippen molar-refractivity contribution >= 4 is 10.8 Å². The number of rotatable bonds is 5. The lowest BCUT2D eigenvalue weighted by atomic mass is 10.1. The van der Waals surface area contributed by atoms with E-state index in [1.54, 1.807) is 20.3 Å². The molecule has 0 bridgehead atoms. The molecule has 0 spiro atoms.